The maximum absolute atomic E-state index is 12.8. The minimum atomic E-state index is -3.57. The van der Waals surface area contributed by atoms with Gasteiger partial charge in [-0.1, -0.05) is 35.9 Å². The molecule has 2 heterocycles. The van der Waals surface area contributed by atoms with Crippen LogP contribution in [0.5, 0.6) is 0 Å². The zero-order valence-corrected chi connectivity index (χ0v) is 17.0. The number of rotatable bonds is 4. The molecule has 2 aliphatic rings. The quantitative estimate of drug-likeness (QED) is 0.762. The molecule has 0 aliphatic carbocycles. The first-order valence-corrected chi connectivity index (χ1v) is 11.1. The average molecular weight is 420 g/mol. The van der Waals surface area contributed by atoms with E-state index in [1.54, 1.807) is 18.2 Å². The summed E-state index contributed by atoms with van der Waals surface area (Å²) < 4.78 is 27.0. The van der Waals surface area contributed by atoms with Crippen LogP contribution in [-0.4, -0.2) is 62.8 Å². The third-order valence-electron chi connectivity index (χ3n) is 5.31. The van der Waals surface area contributed by atoms with Gasteiger partial charge in [0.25, 0.3) is 0 Å². The van der Waals surface area contributed by atoms with Gasteiger partial charge in [-0.15, -0.1) is 0 Å². The highest BCUT2D eigenvalue weighted by Crippen LogP contribution is 2.27. The predicted molar refractivity (Wildman–Crippen MR) is 109 cm³/mol. The Balaban J connectivity index is 1.36. The highest BCUT2D eigenvalue weighted by molar-refractivity contribution is 7.89. The number of hydrogen-bond donors (Lipinski definition) is 0. The minimum Gasteiger partial charge on any atom is -0.311 e. The molecule has 0 bridgehead atoms. The molecule has 0 unspecified atom stereocenters. The van der Waals surface area contributed by atoms with Crippen LogP contribution in [0.4, 0.5) is 5.69 Å². The minimum absolute atomic E-state index is 0.0658. The van der Waals surface area contributed by atoms with Gasteiger partial charge in [0.1, 0.15) is 0 Å². The number of hydrogen-bond acceptors (Lipinski definition) is 4. The second kappa shape index (κ2) is 7.83. The van der Waals surface area contributed by atoms with E-state index in [4.69, 9.17) is 11.6 Å². The third kappa shape index (κ3) is 3.80. The van der Waals surface area contributed by atoms with E-state index in [1.807, 2.05) is 28.0 Å². The van der Waals surface area contributed by atoms with E-state index in [-0.39, 0.29) is 10.8 Å². The zero-order chi connectivity index (χ0) is 19.7. The molecule has 4 rings (SSSR count). The number of sulfonamides is 1. The molecule has 1 fully saturated rings. The molecular weight excluding hydrogens is 398 g/mol. The fourth-order valence-corrected chi connectivity index (χ4v) is 5.50. The lowest BCUT2D eigenvalue weighted by Gasteiger charge is -2.34. The predicted octanol–water partition coefficient (Wildman–Crippen LogP) is 2.24. The van der Waals surface area contributed by atoms with Gasteiger partial charge in [0.15, 0.2) is 0 Å². The number of para-hydroxylation sites is 1. The molecule has 28 heavy (non-hydrogen) atoms. The summed E-state index contributed by atoms with van der Waals surface area (Å²) in [6.07, 6.45) is 0.883. The van der Waals surface area contributed by atoms with Crippen molar-refractivity contribution in [3.63, 3.8) is 0 Å². The summed E-state index contributed by atoms with van der Waals surface area (Å²) in [5.41, 5.74) is 2.20. The molecule has 2 aromatic rings. The van der Waals surface area contributed by atoms with Crippen LogP contribution < -0.4 is 4.90 Å². The van der Waals surface area contributed by atoms with Crippen molar-refractivity contribution >= 4 is 33.2 Å². The molecule has 0 radical (unpaired) electrons. The lowest BCUT2D eigenvalue weighted by Crippen LogP contribution is -2.51. The first kappa shape index (κ1) is 19.4. The van der Waals surface area contributed by atoms with Crippen molar-refractivity contribution in [2.24, 2.45) is 0 Å². The molecule has 8 heteroatoms. The SMILES string of the molecule is O=C(CN1CCN(S(=O)(=O)c2cccc(Cl)c2)CC1)N1CCc2ccccc21. The number of halogens is 1. The van der Waals surface area contributed by atoms with Crippen molar-refractivity contribution in [3.05, 3.63) is 59.1 Å². The Morgan fingerprint density at radius 1 is 0.964 bits per heavy atom. The topological polar surface area (TPSA) is 60.9 Å². The molecule has 0 saturated carbocycles. The Morgan fingerprint density at radius 3 is 2.46 bits per heavy atom. The number of carbonyl (C=O) groups is 1. The number of benzene rings is 2. The molecule has 6 nitrogen and oxygen atoms in total. The maximum atomic E-state index is 12.8. The van der Waals surface area contributed by atoms with Crippen LogP contribution in [0.1, 0.15) is 5.56 Å². The van der Waals surface area contributed by atoms with Crippen molar-refractivity contribution < 1.29 is 13.2 Å². The smallest absolute Gasteiger partial charge is 0.243 e. The van der Waals surface area contributed by atoms with Crippen molar-refractivity contribution in [1.29, 1.82) is 0 Å². The van der Waals surface area contributed by atoms with E-state index in [2.05, 4.69) is 6.07 Å². The number of carbonyl (C=O) groups excluding carboxylic acids is 1. The highest BCUT2D eigenvalue weighted by Gasteiger charge is 2.31. The van der Waals surface area contributed by atoms with Crippen molar-refractivity contribution in [2.45, 2.75) is 11.3 Å². The van der Waals surface area contributed by atoms with Crippen LogP contribution in [0.2, 0.25) is 5.02 Å². The zero-order valence-electron chi connectivity index (χ0n) is 15.4. The van der Waals surface area contributed by atoms with E-state index in [9.17, 15) is 13.2 Å². The van der Waals surface area contributed by atoms with Gasteiger partial charge in [0, 0.05) is 43.4 Å². The van der Waals surface area contributed by atoms with E-state index >= 15 is 0 Å². The molecule has 2 aliphatic heterocycles. The summed E-state index contributed by atoms with van der Waals surface area (Å²) >= 11 is 5.94. The van der Waals surface area contributed by atoms with E-state index in [0.717, 1.165) is 12.1 Å². The Labute approximate surface area is 170 Å². The second-order valence-electron chi connectivity index (χ2n) is 7.06. The normalized spacial score (nSPS) is 18.2. The lowest BCUT2D eigenvalue weighted by atomic mass is 10.2. The van der Waals surface area contributed by atoms with Crippen LogP contribution >= 0.6 is 11.6 Å². The van der Waals surface area contributed by atoms with Crippen molar-refractivity contribution in [1.82, 2.24) is 9.21 Å². The van der Waals surface area contributed by atoms with Gasteiger partial charge in [0.2, 0.25) is 15.9 Å². The average Bonchev–Trinajstić information content (AvgIpc) is 3.13. The van der Waals surface area contributed by atoms with Gasteiger partial charge < -0.3 is 4.90 Å². The first-order valence-electron chi connectivity index (χ1n) is 9.31. The van der Waals surface area contributed by atoms with Gasteiger partial charge in [-0.2, -0.15) is 4.31 Å². The van der Waals surface area contributed by atoms with Crippen molar-refractivity contribution in [3.8, 4) is 0 Å². The molecule has 0 atom stereocenters. The van der Waals surface area contributed by atoms with Crippen LogP contribution in [0.15, 0.2) is 53.4 Å². The van der Waals surface area contributed by atoms with Gasteiger partial charge in [0.05, 0.1) is 11.4 Å². The number of fused-ring (bicyclic) bond motifs is 1. The van der Waals surface area contributed by atoms with E-state index in [1.165, 1.54) is 15.9 Å². The third-order valence-corrected chi connectivity index (χ3v) is 7.44. The summed E-state index contributed by atoms with van der Waals surface area (Å²) in [5, 5.41) is 0.399. The van der Waals surface area contributed by atoms with Gasteiger partial charge in [-0.3, -0.25) is 9.69 Å². The summed E-state index contributed by atoms with van der Waals surface area (Å²) in [5.74, 6) is 0.0658. The Hall–Kier alpha value is -1.93. The Bertz CT molecular complexity index is 988. The fourth-order valence-electron chi connectivity index (χ4n) is 3.78. The molecule has 1 amide bonds. The van der Waals surface area contributed by atoms with Crippen LogP contribution in [0.25, 0.3) is 0 Å². The Morgan fingerprint density at radius 2 is 1.71 bits per heavy atom. The van der Waals surface area contributed by atoms with Gasteiger partial charge >= 0.3 is 0 Å². The van der Waals surface area contributed by atoms with Gasteiger partial charge in [-0.05, 0) is 36.2 Å². The van der Waals surface area contributed by atoms with E-state index in [0.29, 0.717) is 44.3 Å². The van der Waals surface area contributed by atoms with Crippen LogP contribution in [0.3, 0.4) is 0 Å². The molecule has 1 saturated heterocycles. The molecule has 0 spiro atoms. The fraction of sp³-hybridized carbons (Fsp3) is 0.350. The number of nitrogens with zero attached hydrogens (tertiary/aromatic N) is 3. The molecule has 148 valence electrons. The first-order chi connectivity index (χ1) is 13.4. The number of amides is 1. The highest BCUT2D eigenvalue weighted by atomic mass is 35.5. The second-order valence-corrected chi connectivity index (χ2v) is 9.44. The standard InChI is InChI=1S/C20H22ClN3O3S/c21-17-5-3-6-18(14-17)28(26,27)23-12-10-22(11-13-23)15-20(25)24-9-8-16-4-1-2-7-19(16)24/h1-7,14H,8-13,15H2. The molecule has 0 aromatic heterocycles. The monoisotopic (exact) mass is 419 g/mol. The molecule has 2 aromatic carbocycles. The summed E-state index contributed by atoms with van der Waals surface area (Å²) in [7, 11) is -3.57. The number of anilines is 1. The van der Waals surface area contributed by atoms with E-state index < -0.39 is 10.0 Å². The molecular formula is C20H22ClN3O3S. The maximum Gasteiger partial charge on any atom is 0.243 e. The largest absolute Gasteiger partial charge is 0.311 e. The summed E-state index contributed by atoms with van der Waals surface area (Å²) in [4.78, 5) is 16.8. The summed E-state index contributed by atoms with van der Waals surface area (Å²) in [6, 6.07) is 14.3. The molecule has 0 N–H and O–H groups in total. The Kier molecular flexibility index (Phi) is 5.42. The number of piperazine rings is 1. The van der Waals surface area contributed by atoms with Crippen molar-refractivity contribution in [2.75, 3.05) is 44.2 Å². The van der Waals surface area contributed by atoms with Crippen LogP contribution in [-0.2, 0) is 21.2 Å². The van der Waals surface area contributed by atoms with Crippen LogP contribution in [0, 0.1) is 0 Å². The van der Waals surface area contributed by atoms with Gasteiger partial charge in [-0.25, -0.2) is 8.42 Å². The summed E-state index contributed by atoms with van der Waals surface area (Å²) in [6.45, 7) is 2.79. The lowest BCUT2D eigenvalue weighted by molar-refractivity contribution is -0.119.